The topological polar surface area (TPSA) is 47.9 Å². The number of carbonyl (C=O) groups excluding carboxylic acids is 1. The van der Waals surface area contributed by atoms with Gasteiger partial charge >= 0.3 is 5.97 Å². The third kappa shape index (κ3) is 4.55. The molecule has 144 valence electrons. The van der Waals surface area contributed by atoms with E-state index in [0.717, 1.165) is 11.1 Å². The number of benzene rings is 3. The molecule has 0 saturated carbocycles. The second kappa shape index (κ2) is 8.06. The van der Waals surface area contributed by atoms with Crippen LogP contribution in [0.15, 0.2) is 83.5 Å². The summed E-state index contributed by atoms with van der Waals surface area (Å²) in [5.41, 5.74) is 2.11. The number of hydrogen-bond donors (Lipinski definition) is 0. The van der Waals surface area contributed by atoms with Crippen molar-refractivity contribution in [2.24, 2.45) is 4.99 Å². The Morgan fingerprint density at radius 3 is 2.41 bits per heavy atom. The highest BCUT2D eigenvalue weighted by atomic mass is 19.1. The van der Waals surface area contributed by atoms with Crippen molar-refractivity contribution in [3.8, 4) is 5.75 Å². The molecule has 3 aromatic carbocycles. The molecule has 4 rings (SSSR count). The van der Waals surface area contributed by atoms with Crippen molar-refractivity contribution in [1.29, 1.82) is 0 Å². The highest BCUT2D eigenvalue weighted by Gasteiger charge is 2.24. The highest BCUT2D eigenvalue weighted by Crippen LogP contribution is 2.21. The molecule has 0 aliphatic carbocycles. The van der Waals surface area contributed by atoms with Gasteiger partial charge in [-0.05, 0) is 59.7 Å². The van der Waals surface area contributed by atoms with Gasteiger partial charge in [-0.25, -0.2) is 18.6 Å². The van der Waals surface area contributed by atoms with Crippen LogP contribution in [0.4, 0.5) is 8.78 Å². The lowest BCUT2D eigenvalue weighted by molar-refractivity contribution is -0.129. The van der Waals surface area contributed by atoms with Crippen molar-refractivity contribution in [2.45, 2.75) is 6.61 Å². The van der Waals surface area contributed by atoms with Gasteiger partial charge in [-0.15, -0.1) is 0 Å². The largest absolute Gasteiger partial charge is 0.489 e. The van der Waals surface area contributed by atoms with Gasteiger partial charge in [0.1, 0.15) is 24.0 Å². The van der Waals surface area contributed by atoms with E-state index in [-0.39, 0.29) is 17.4 Å². The summed E-state index contributed by atoms with van der Waals surface area (Å²) in [5.74, 6) is -0.620. The third-order valence-corrected chi connectivity index (χ3v) is 4.19. The minimum absolute atomic E-state index is 0.0694. The van der Waals surface area contributed by atoms with Gasteiger partial charge in [-0.1, -0.05) is 30.3 Å². The first-order valence-corrected chi connectivity index (χ1v) is 8.83. The molecule has 0 amide bonds. The van der Waals surface area contributed by atoms with Crippen LogP contribution >= 0.6 is 0 Å². The number of esters is 1. The van der Waals surface area contributed by atoms with E-state index < -0.39 is 11.8 Å². The van der Waals surface area contributed by atoms with Crippen LogP contribution in [0.5, 0.6) is 5.75 Å². The smallest absolute Gasteiger partial charge is 0.363 e. The molecule has 0 spiro atoms. The number of halogens is 2. The fourth-order valence-electron chi connectivity index (χ4n) is 2.72. The van der Waals surface area contributed by atoms with E-state index in [9.17, 15) is 13.6 Å². The van der Waals surface area contributed by atoms with Crippen LogP contribution in [0.3, 0.4) is 0 Å². The standard InChI is InChI=1S/C23H15F2NO3/c24-18-8-4-16(5-9-18)14-28-20-10-6-15(7-11-20)12-21-23(27)29-22(26-21)17-2-1-3-19(25)13-17/h1-13H,14H2/b21-12+. The Bertz CT molecular complexity index is 1100. The van der Waals surface area contributed by atoms with Gasteiger partial charge in [-0.2, -0.15) is 0 Å². The van der Waals surface area contributed by atoms with Crippen molar-refractivity contribution in [3.63, 3.8) is 0 Å². The van der Waals surface area contributed by atoms with E-state index >= 15 is 0 Å². The zero-order valence-electron chi connectivity index (χ0n) is 15.1. The monoisotopic (exact) mass is 391 g/mol. The Kier molecular flexibility index (Phi) is 5.16. The molecule has 0 aromatic heterocycles. The summed E-state index contributed by atoms with van der Waals surface area (Å²) >= 11 is 0. The molecule has 0 atom stereocenters. The van der Waals surface area contributed by atoms with Crippen LogP contribution < -0.4 is 4.74 Å². The molecule has 1 aliphatic heterocycles. The van der Waals surface area contributed by atoms with E-state index in [4.69, 9.17) is 9.47 Å². The zero-order valence-corrected chi connectivity index (χ0v) is 15.1. The number of cyclic esters (lactones) is 1. The second-order valence-electron chi connectivity index (χ2n) is 6.33. The summed E-state index contributed by atoms with van der Waals surface area (Å²) in [7, 11) is 0. The maximum Gasteiger partial charge on any atom is 0.363 e. The molecule has 3 aromatic rings. The molecule has 1 heterocycles. The number of aliphatic imine (C=N–C) groups is 1. The first-order chi connectivity index (χ1) is 14.1. The van der Waals surface area contributed by atoms with Crippen molar-refractivity contribution in [1.82, 2.24) is 0 Å². The maximum atomic E-state index is 13.3. The quantitative estimate of drug-likeness (QED) is 0.460. The summed E-state index contributed by atoms with van der Waals surface area (Å²) < 4.78 is 37.1. The molecule has 6 heteroatoms. The van der Waals surface area contributed by atoms with Crippen LogP contribution in [0.25, 0.3) is 6.08 Å². The van der Waals surface area contributed by atoms with Crippen LogP contribution in [0, 0.1) is 11.6 Å². The normalized spacial score (nSPS) is 14.6. The lowest BCUT2D eigenvalue weighted by Crippen LogP contribution is -2.05. The Labute approximate surface area is 165 Å². The number of carbonyl (C=O) groups is 1. The van der Waals surface area contributed by atoms with Crippen molar-refractivity contribution >= 4 is 17.9 Å². The third-order valence-electron chi connectivity index (χ3n) is 4.19. The van der Waals surface area contributed by atoms with Crippen molar-refractivity contribution in [2.75, 3.05) is 0 Å². The van der Waals surface area contributed by atoms with Gasteiger partial charge < -0.3 is 9.47 Å². The Morgan fingerprint density at radius 1 is 0.931 bits per heavy atom. The predicted molar refractivity (Wildman–Crippen MR) is 104 cm³/mol. The number of rotatable bonds is 5. The highest BCUT2D eigenvalue weighted by molar-refractivity contribution is 6.12. The number of nitrogens with zero attached hydrogens (tertiary/aromatic N) is 1. The van der Waals surface area contributed by atoms with E-state index in [1.165, 1.54) is 30.3 Å². The number of hydrogen-bond acceptors (Lipinski definition) is 4. The molecular weight excluding hydrogens is 376 g/mol. The molecule has 0 bridgehead atoms. The molecule has 0 fully saturated rings. The second-order valence-corrected chi connectivity index (χ2v) is 6.33. The lowest BCUT2D eigenvalue weighted by atomic mass is 10.2. The van der Waals surface area contributed by atoms with Gasteiger partial charge in [-0.3, -0.25) is 0 Å². The van der Waals surface area contributed by atoms with Crippen LogP contribution in [-0.2, 0) is 16.1 Å². The van der Waals surface area contributed by atoms with E-state index in [1.54, 1.807) is 48.5 Å². The predicted octanol–water partition coefficient (Wildman–Crippen LogP) is 4.89. The first kappa shape index (κ1) is 18.6. The average Bonchev–Trinajstić information content (AvgIpc) is 3.09. The SMILES string of the molecule is O=C1OC(c2cccc(F)c2)=N/C1=C/c1ccc(OCc2ccc(F)cc2)cc1. The molecule has 0 saturated heterocycles. The summed E-state index contributed by atoms with van der Waals surface area (Å²) in [6, 6.07) is 18.8. The lowest BCUT2D eigenvalue weighted by Gasteiger charge is -2.06. The molecule has 29 heavy (non-hydrogen) atoms. The summed E-state index contributed by atoms with van der Waals surface area (Å²) in [4.78, 5) is 16.2. The van der Waals surface area contributed by atoms with Crippen molar-refractivity contribution in [3.05, 3.63) is 107 Å². The van der Waals surface area contributed by atoms with Gasteiger partial charge in [0.15, 0.2) is 5.70 Å². The maximum absolute atomic E-state index is 13.3. The first-order valence-electron chi connectivity index (χ1n) is 8.83. The summed E-state index contributed by atoms with van der Waals surface area (Å²) in [6.45, 7) is 0.314. The molecule has 4 nitrogen and oxygen atoms in total. The fraction of sp³-hybridized carbons (Fsp3) is 0.0435. The average molecular weight is 391 g/mol. The number of ether oxygens (including phenoxy) is 2. The molecule has 0 unspecified atom stereocenters. The van der Waals surface area contributed by atoms with Gasteiger partial charge in [0, 0.05) is 5.56 Å². The van der Waals surface area contributed by atoms with Crippen LogP contribution in [-0.4, -0.2) is 11.9 Å². The Hall–Kier alpha value is -3.80. The molecule has 0 radical (unpaired) electrons. The molecular formula is C23H15F2NO3. The van der Waals surface area contributed by atoms with Gasteiger partial charge in [0.05, 0.1) is 0 Å². The Morgan fingerprint density at radius 2 is 1.69 bits per heavy atom. The summed E-state index contributed by atoms with van der Waals surface area (Å²) in [5, 5.41) is 0. The van der Waals surface area contributed by atoms with E-state index in [1.807, 2.05) is 0 Å². The van der Waals surface area contributed by atoms with E-state index in [0.29, 0.717) is 17.9 Å². The zero-order chi connectivity index (χ0) is 20.2. The van der Waals surface area contributed by atoms with E-state index in [2.05, 4.69) is 4.99 Å². The van der Waals surface area contributed by atoms with Crippen molar-refractivity contribution < 1.29 is 23.0 Å². The molecule has 0 N–H and O–H groups in total. The molecule has 1 aliphatic rings. The minimum Gasteiger partial charge on any atom is -0.489 e. The minimum atomic E-state index is -0.596. The van der Waals surface area contributed by atoms with Crippen LogP contribution in [0.2, 0.25) is 0 Å². The van der Waals surface area contributed by atoms with Gasteiger partial charge in [0.25, 0.3) is 0 Å². The van der Waals surface area contributed by atoms with Crippen LogP contribution in [0.1, 0.15) is 16.7 Å². The Balaban J connectivity index is 1.45. The van der Waals surface area contributed by atoms with Gasteiger partial charge in [0.2, 0.25) is 5.90 Å². The fourth-order valence-corrected chi connectivity index (χ4v) is 2.72. The summed E-state index contributed by atoms with van der Waals surface area (Å²) in [6.07, 6.45) is 1.58.